The van der Waals surface area contributed by atoms with E-state index < -0.39 is 21.1 Å². The number of likely N-dealkylation sites (tertiary alicyclic amines) is 2. The first kappa shape index (κ1) is 34.1. The predicted molar refractivity (Wildman–Crippen MR) is 192 cm³/mol. The van der Waals surface area contributed by atoms with E-state index in [4.69, 9.17) is 9.17 Å². The summed E-state index contributed by atoms with van der Waals surface area (Å²) in [6, 6.07) is 34.4. The molecule has 8 nitrogen and oxygen atoms in total. The second-order valence-electron chi connectivity index (χ2n) is 13.9. The van der Waals surface area contributed by atoms with Gasteiger partial charge in [-0.2, -0.15) is 8.42 Å². The number of piperidine rings is 1. The van der Waals surface area contributed by atoms with Crippen molar-refractivity contribution in [2.75, 3.05) is 32.4 Å². The zero-order valence-electron chi connectivity index (χ0n) is 28.4. The van der Waals surface area contributed by atoms with Gasteiger partial charge >= 0.3 is 0 Å². The Labute approximate surface area is 293 Å². The topological polar surface area (TPSA) is 84.7 Å². The van der Waals surface area contributed by atoms with Crippen molar-refractivity contribution >= 4 is 27.1 Å². The molecule has 4 aromatic carbocycles. The van der Waals surface area contributed by atoms with Gasteiger partial charge in [0.05, 0.1) is 22.7 Å². The van der Waals surface area contributed by atoms with Crippen molar-refractivity contribution in [3.05, 3.63) is 138 Å². The lowest BCUT2D eigenvalue weighted by atomic mass is 9.77. The second-order valence-corrected chi connectivity index (χ2v) is 15.5. The summed E-state index contributed by atoms with van der Waals surface area (Å²) in [6.45, 7) is 3.58. The van der Waals surface area contributed by atoms with Crippen LogP contribution in [0.4, 0.5) is 4.39 Å². The molecule has 3 heterocycles. The van der Waals surface area contributed by atoms with Crippen molar-refractivity contribution < 1.29 is 21.8 Å². The quantitative estimate of drug-likeness (QED) is 0.138. The fourth-order valence-corrected chi connectivity index (χ4v) is 8.64. The van der Waals surface area contributed by atoms with Crippen LogP contribution in [0.3, 0.4) is 0 Å². The third-order valence-corrected chi connectivity index (χ3v) is 11.0. The molecule has 1 amide bonds. The molecule has 1 unspecified atom stereocenters. The van der Waals surface area contributed by atoms with Crippen molar-refractivity contribution in [2.24, 2.45) is 5.41 Å². The first-order valence-electron chi connectivity index (χ1n) is 17.3. The molecule has 2 saturated heterocycles. The number of hydrogen-bond donors (Lipinski definition) is 0. The van der Waals surface area contributed by atoms with Crippen LogP contribution in [-0.4, -0.2) is 66.1 Å². The van der Waals surface area contributed by atoms with E-state index in [2.05, 4.69) is 29.2 Å². The highest BCUT2D eigenvalue weighted by molar-refractivity contribution is 7.86. The largest absolute Gasteiger partial charge is 0.338 e. The molecule has 2 aliphatic rings. The number of carbonyl (C=O) groups is 1. The summed E-state index contributed by atoms with van der Waals surface area (Å²) in [5, 5.41) is 0. The maximum Gasteiger partial charge on any atom is 0.265 e. The van der Waals surface area contributed by atoms with E-state index >= 15 is 0 Å². The van der Waals surface area contributed by atoms with Crippen molar-refractivity contribution in [1.29, 1.82) is 0 Å². The average Bonchev–Trinajstić information content (AvgIpc) is 3.63. The van der Waals surface area contributed by atoms with Gasteiger partial charge in [0.15, 0.2) is 0 Å². The molecule has 0 spiro atoms. The Morgan fingerprint density at radius 3 is 2.06 bits per heavy atom. The highest BCUT2D eigenvalue weighted by Crippen LogP contribution is 2.42. The Balaban J connectivity index is 1.13. The number of para-hydroxylation sites is 2. The van der Waals surface area contributed by atoms with Crippen LogP contribution in [0.2, 0.25) is 0 Å². The number of fused-ring (bicyclic) bond motifs is 1. The molecule has 2 fully saturated rings. The van der Waals surface area contributed by atoms with Crippen LogP contribution >= 0.6 is 0 Å². The molecule has 5 aromatic rings. The normalized spacial score (nSPS) is 19.7. The number of benzene rings is 4. The summed E-state index contributed by atoms with van der Waals surface area (Å²) >= 11 is 0. The molecule has 0 saturated carbocycles. The zero-order valence-corrected chi connectivity index (χ0v) is 29.2. The third-order valence-electron chi connectivity index (χ3n) is 10.4. The van der Waals surface area contributed by atoms with Crippen molar-refractivity contribution in [3.63, 3.8) is 0 Å². The number of amides is 1. The summed E-state index contributed by atoms with van der Waals surface area (Å²) in [4.78, 5) is 23.6. The van der Waals surface area contributed by atoms with E-state index in [0.29, 0.717) is 64.2 Å². The fourth-order valence-electron chi connectivity index (χ4n) is 7.82. The minimum atomic E-state index is -3.86. The van der Waals surface area contributed by atoms with Gasteiger partial charge in [-0.15, -0.1) is 0 Å². The molecule has 10 heteroatoms. The molecule has 0 radical (unpaired) electrons. The molecule has 2 aliphatic heterocycles. The van der Waals surface area contributed by atoms with Crippen molar-refractivity contribution in [2.45, 2.75) is 50.8 Å². The van der Waals surface area contributed by atoms with Crippen molar-refractivity contribution in [3.8, 4) is 0 Å². The summed E-state index contributed by atoms with van der Waals surface area (Å²) < 4.78 is 47.5. The van der Waals surface area contributed by atoms with Crippen LogP contribution in [-0.2, 0) is 44.2 Å². The number of imidazole rings is 1. The Morgan fingerprint density at radius 2 is 1.38 bits per heavy atom. The molecule has 0 N–H and O–H groups in total. The van der Waals surface area contributed by atoms with Gasteiger partial charge in [0.25, 0.3) is 10.1 Å². The molecule has 0 aliphatic carbocycles. The number of hydrogen-bond acceptors (Lipinski definition) is 6. The van der Waals surface area contributed by atoms with Gasteiger partial charge in [-0.3, -0.25) is 8.98 Å². The van der Waals surface area contributed by atoms with E-state index in [1.807, 2.05) is 70.1 Å². The Kier molecular flexibility index (Phi) is 9.61. The summed E-state index contributed by atoms with van der Waals surface area (Å²) in [7, 11) is -3.86. The SMILES string of the molecule is CS(=O)(=O)OC1(c2nc3ccccc3n2Cc2ccc(F)cc2)CCN(CCC2(Cc3ccccc3)CCN(Cc3ccccc3)C2=O)CC1. The minimum absolute atomic E-state index is 0.200. The summed E-state index contributed by atoms with van der Waals surface area (Å²) in [5.41, 5.74) is 3.05. The van der Waals surface area contributed by atoms with Crippen LogP contribution in [0.5, 0.6) is 0 Å². The molecular formula is C40H43FN4O4S. The lowest BCUT2D eigenvalue weighted by molar-refractivity contribution is -0.137. The minimum Gasteiger partial charge on any atom is -0.338 e. The molecule has 260 valence electrons. The van der Waals surface area contributed by atoms with Gasteiger partial charge < -0.3 is 14.4 Å². The highest BCUT2D eigenvalue weighted by Gasteiger charge is 2.48. The maximum absolute atomic E-state index is 14.2. The van der Waals surface area contributed by atoms with Crippen LogP contribution in [0, 0.1) is 11.2 Å². The fraction of sp³-hybridized carbons (Fsp3) is 0.350. The van der Waals surface area contributed by atoms with Crippen LogP contribution < -0.4 is 0 Å². The summed E-state index contributed by atoms with van der Waals surface area (Å²) in [6.07, 6.45) is 4.08. The average molecular weight is 695 g/mol. The number of carbonyl (C=O) groups excluding carboxylic acids is 1. The van der Waals surface area contributed by atoms with E-state index in [1.165, 1.54) is 12.1 Å². The van der Waals surface area contributed by atoms with Gasteiger partial charge in [0.1, 0.15) is 17.2 Å². The van der Waals surface area contributed by atoms with E-state index in [1.54, 1.807) is 12.1 Å². The molecule has 50 heavy (non-hydrogen) atoms. The number of nitrogens with zero attached hydrogens (tertiary/aromatic N) is 4. The molecule has 1 atom stereocenters. The van der Waals surface area contributed by atoms with Crippen molar-refractivity contribution in [1.82, 2.24) is 19.4 Å². The first-order chi connectivity index (χ1) is 24.1. The third kappa shape index (κ3) is 7.38. The van der Waals surface area contributed by atoms with Gasteiger partial charge in [-0.25, -0.2) is 9.37 Å². The number of aromatic nitrogens is 2. The molecule has 7 rings (SSSR count). The standard InChI is InChI=1S/C40H43FN4O4S/c1-50(47,48)49-40(37-42-35-14-8-9-15-36(35)45(37)30-33-16-18-34(41)19-17-33)22-25-43(26-23-40)24-20-39(28-31-10-4-2-5-11-31)21-27-44(38(39)46)29-32-12-6-3-7-13-32/h2-19H,20-30H2,1H3. The monoisotopic (exact) mass is 694 g/mol. The Bertz CT molecular complexity index is 2050. The molecular weight excluding hydrogens is 652 g/mol. The first-order valence-corrected chi connectivity index (χ1v) is 19.1. The van der Waals surface area contributed by atoms with Gasteiger partial charge in [-0.1, -0.05) is 84.9 Å². The Morgan fingerprint density at radius 1 is 0.760 bits per heavy atom. The van der Waals surface area contributed by atoms with E-state index in [0.717, 1.165) is 46.9 Å². The highest BCUT2D eigenvalue weighted by atomic mass is 32.2. The van der Waals surface area contributed by atoms with Crippen LogP contribution in [0.25, 0.3) is 11.0 Å². The lowest BCUT2D eigenvalue weighted by Gasteiger charge is -2.41. The van der Waals surface area contributed by atoms with Crippen LogP contribution in [0.15, 0.2) is 109 Å². The van der Waals surface area contributed by atoms with Crippen LogP contribution in [0.1, 0.15) is 48.2 Å². The Hall–Kier alpha value is -4.38. The number of rotatable bonds is 12. The predicted octanol–water partition coefficient (Wildman–Crippen LogP) is 6.54. The maximum atomic E-state index is 14.2. The van der Waals surface area contributed by atoms with Gasteiger partial charge in [-0.05, 0) is 79.6 Å². The van der Waals surface area contributed by atoms with E-state index in [-0.39, 0.29) is 11.7 Å². The summed E-state index contributed by atoms with van der Waals surface area (Å²) in [5.74, 6) is 0.435. The second kappa shape index (κ2) is 14.1. The molecule has 1 aromatic heterocycles. The molecule has 0 bridgehead atoms. The zero-order chi connectivity index (χ0) is 34.8. The van der Waals surface area contributed by atoms with Gasteiger partial charge in [0.2, 0.25) is 5.91 Å². The smallest absolute Gasteiger partial charge is 0.265 e. The lowest BCUT2D eigenvalue weighted by Crippen LogP contribution is -2.48. The van der Waals surface area contributed by atoms with Gasteiger partial charge in [0, 0.05) is 32.7 Å². The van der Waals surface area contributed by atoms with E-state index in [9.17, 15) is 17.6 Å². The number of halogens is 1.